The second-order valence-corrected chi connectivity index (χ2v) is 8.82. The molecule has 8 heteroatoms. The fraction of sp³-hybridized carbons (Fsp3) is 0.545. The second kappa shape index (κ2) is 7.44. The molecular formula is C22H27FN4O3. The number of halogens is 1. The Kier molecular flexibility index (Phi) is 4.88. The minimum atomic E-state index is -0.726. The number of hydrogen-bond donors (Lipinski definition) is 3. The van der Waals surface area contributed by atoms with E-state index in [1.165, 1.54) is 17.3 Å². The Morgan fingerprint density at radius 2 is 2.00 bits per heavy atom. The number of hydrogen-bond acceptors (Lipinski definition) is 7. The lowest BCUT2D eigenvalue weighted by atomic mass is 10.1. The molecule has 0 bridgehead atoms. The van der Waals surface area contributed by atoms with Crippen LogP contribution in [0.2, 0.25) is 0 Å². The van der Waals surface area contributed by atoms with Crippen molar-refractivity contribution in [1.82, 2.24) is 9.97 Å². The molecule has 30 heavy (non-hydrogen) atoms. The first-order valence-corrected chi connectivity index (χ1v) is 10.5. The number of anilines is 2. The SMILES string of the molecule is CC1(C)O[C@@H]2[C@@H](CO)C[C@@H](Nc3nc(N[C@H]4CCc5ccccc54)ncc3F)[C@@H]2O1. The van der Waals surface area contributed by atoms with Crippen LogP contribution in [0, 0.1) is 11.7 Å². The first-order valence-electron chi connectivity index (χ1n) is 10.5. The number of rotatable bonds is 5. The van der Waals surface area contributed by atoms with Crippen LogP contribution in [0.15, 0.2) is 30.5 Å². The topological polar surface area (TPSA) is 88.5 Å². The first kappa shape index (κ1) is 19.7. The standard InChI is InChI=1S/C22H27FN4O3/c1-22(2)29-18-13(11-28)9-17(19(18)30-22)25-20-15(23)10-24-21(27-20)26-16-8-7-12-5-3-4-6-14(12)16/h3-6,10,13,16-19,28H,7-9,11H2,1-2H3,(H2,24,25,26,27)/t13-,16+,17-,18-,19+/m1/s1. The molecule has 5 atom stereocenters. The molecule has 160 valence electrons. The van der Waals surface area contributed by atoms with Crippen LogP contribution in [-0.4, -0.2) is 45.7 Å². The van der Waals surface area contributed by atoms with Crippen LogP contribution in [0.1, 0.15) is 43.9 Å². The van der Waals surface area contributed by atoms with E-state index in [0.29, 0.717) is 12.4 Å². The van der Waals surface area contributed by atoms with E-state index in [-0.39, 0.29) is 42.6 Å². The van der Waals surface area contributed by atoms with Crippen molar-refractivity contribution in [2.75, 3.05) is 17.2 Å². The smallest absolute Gasteiger partial charge is 0.225 e. The van der Waals surface area contributed by atoms with Gasteiger partial charge in [0.2, 0.25) is 5.95 Å². The van der Waals surface area contributed by atoms with Gasteiger partial charge in [-0.2, -0.15) is 4.98 Å². The molecule has 1 aromatic carbocycles. The van der Waals surface area contributed by atoms with Crippen molar-refractivity contribution in [1.29, 1.82) is 0 Å². The van der Waals surface area contributed by atoms with E-state index in [0.717, 1.165) is 12.8 Å². The molecule has 0 spiro atoms. The monoisotopic (exact) mass is 414 g/mol. The maximum atomic E-state index is 14.5. The Balaban J connectivity index is 1.33. The van der Waals surface area contributed by atoms with E-state index in [9.17, 15) is 9.50 Å². The first-order chi connectivity index (χ1) is 14.4. The third-order valence-corrected chi connectivity index (χ3v) is 6.32. The number of aromatic nitrogens is 2. The lowest BCUT2D eigenvalue weighted by Crippen LogP contribution is -2.35. The Morgan fingerprint density at radius 1 is 1.20 bits per heavy atom. The molecule has 7 nitrogen and oxygen atoms in total. The highest BCUT2D eigenvalue weighted by molar-refractivity contribution is 5.46. The van der Waals surface area contributed by atoms with E-state index in [4.69, 9.17) is 9.47 Å². The molecule has 2 aliphatic carbocycles. The summed E-state index contributed by atoms with van der Waals surface area (Å²) in [6, 6.07) is 8.21. The predicted molar refractivity (Wildman–Crippen MR) is 110 cm³/mol. The minimum Gasteiger partial charge on any atom is -0.396 e. The highest BCUT2D eigenvalue weighted by atomic mass is 19.1. The highest BCUT2D eigenvalue weighted by Gasteiger charge is 2.53. The van der Waals surface area contributed by atoms with Crippen molar-refractivity contribution >= 4 is 11.8 Å². The third kappa shape index (κ3) is 3.53. The average Bonchev–Trinajstić information content (AvgIpc) is 3.36. The fourth-order valence-electron chi connectivity index (χ4n) is 4.98. The molecule has 3 N–H and O–H groups in total. The summed E-state index contributed by atoms with van der Waals surface area (Å²) in [6.45, 7) is 3.70. The summed E-state index contributed by atoms with van der Waals surface area (Å²) in [5.41, 5.74) is 2.56. The van der Waals surface area contributed by atoms with Gasteiger partial charge in [0, 0.05) is 12.5 Å². The van der Waals surface area contributed by atoms with Crippen molar-refractivity contribution in [3.8, 4) is 0 Å². The molecule has 1 aliphatic heterocycles. The van der Waals surface area contributed by atoms with Gasteiger partial charge in [0.25, 0.3) is 0 Å². The van der Waals surface area contributed by atoms with Crippen LogP contribution in [-0.2, 0) is 15.9 Å². The Morgan fingerprint density at radius 3 is 2.83 bits per heavy atom. The van der Waals surface area contributed by atoms with Crippen LogP contribution >= 0.6 is 0 Å². The molecule has 1 aromatic heterocycles. The molecule has 1 saturated carbocycles. The number of aliphatic hydroxyl groups is 1. The van der Waals surface area contributed by atoms with Gasteiger partial charge in [-0.1, -0.05) is 24.3 Å². The largest absolute Gasteiger partial charge is 0.396 e. The summed E-state index contributed by atoms with van der Waals surface area (Å²) in [5, 5.41) is 16.3. The van der Waals surface area contributed by atoms with Crippen LogP contribution in [0.25, 0.3) is 0 Å². The van der Waals surface area contributed by atoms with Crippen LogP contribution < -0.4 is 10.6 Å². The number of benzene rings is 1. The molecule has 0 amide bonds. The van der Waals surface area contributed by atoms with Gasteiger partial charge in [-0.25, -0.2) is 9.37 Å². The van der Waals surface area contributed by atoms with Gasteiger partial charge in [-0.05, 0) is 44.2 Å². The van der Waals surface area contributed by atoms with E-state index in [2.05, 4.69) is 32.7 Å². The fourth-order valence-corrected chi connectivity index (χ4v) is 4.98. The normalized spacial score (nSPS) is 31.4. The number of fused-ring (bicyclic) bond motifs is 2. The zero-order chi connectivity index (χ0) is 20.9. The zero-order valence-corrected chi connectivity index (χ0v) is 17.1. The van der Waals surface area contributed by atoms with Crippen molar-refractivity contribution in [3.63, 3.8) is 0 Å². The van der Waals surface area contributed by atoms with Gasteiger partial charge >= 0.3 is 0 Å². The van der Waals surface area contributed by atoms with Crippen molar-refractivity contribution in [2.24, 2.45) is 5.92 Å². The van der Waals surface area contributed by atoms with E-state index < -0.39 is 11.6 Å². The third-order valence-electron chi connectivity index (χ3n) is 6.32. The molecule has 2 fully saturated rings. The zero-order valence-electron chi connectivity index (χ0n) is 17.1. The second-order valence-electron chi connectivity index (χ2n) is 8.82. The molecule has 5 rings (SSSR count). The van der Waals surface area contributed by atoms with Gasteiger partial charge in [0.1, 0.15) is 6.10 Å². The van der Waals surface area contributed by atoms with Crippen LogP contribution in [0.3, 0.4) is 0 Å². The van der Waals surface area contributed by atoms with Crippen molar-refractivity contribution in [2.45, 2.75) is 63.2 Å². The Labute approximate surface area is 175 Å². The molecular weight excluding hydrogens is 387 g/mol. The van der Waals surface area contributed by atoms with E-state index >= 15 is 0 Å². The number of ether oxygens (including phenoxy) is 2. The summed E-state index contributed by atoms with van der Waals surface area (Å²) >= 11 is 0. The summed E-state index contributed by atoms with van der Waals surface area (Å²) in [6.07, 6.45) is 3.26. The predicted octanol–water partition coefficient (Wildman–Crippen LogP) is 3.03. The maximum Gasteiger partial charge on any atom is 0.225 e. The summed E-state index contributed by atoms with van der Waals surface area (Å²) in [5.74, 6) is -0.788. The number of nitrogens with zero attached hydrogens (tertiary/aromatic N) is 2. The van der Waals surface area contributed by atoms with Gasteiger partial charge in [0.05, 0.1) is 24.4 Å². The van der Waals surface area contributed by atoms with Gasteiger partial charge < -0.3 is 25.2 Å². The molecule has 2 aromatic rings. The number of aryl methyl sites for hydroxylation is 1. The van der Waals surface area contributed by atoms with Gasteiger partial charge in [-0.3, -0.25) is 0 Å². The number of aliphatic hydroxyl groups excluding tert-OH is 1. The molecule has 3 aliphatic rings. The maximum absolute atomic E-state index is 14.5. The van der Waals surface area contributed by atoms with Crippen molar-refractivity contribution < 1.29 is 19.0 Å². The lowest BCUT2D eigenvalue weighted by molar-refractivity contribution is -0.158. The highest BCUT2D eigenvalue weighted by Crippen LogP contribution is 2.42. The van der Waals surface area contributed by atoms with E-state index in [1.54, 1.807) is 0 Å². The van der Waals surface area contributed by atoms with Gasteiger partial charge in [-0.15, -0.1) is 0 Å². The van der Waals surface area contributed by atoms with Crippen molar-refractivity contribution in [3.05, 3.63) is 47.4 Å². The summed E-state index contributed by atoms with van der Waals surface area (Å²) in [7, 11) is 0. The van der Waals surface area contributed by atoms with Crippen LogP contribution in [0.5, 0.6) is 0 Å². The summed E-state index contributed by atoms with van der Waals surface area (Å²) in [4.78, 5) is 8.54. The number of nitrogens with one attached hydrogen (secondary N) is 2. The molecule has 2 heterocycles. The lowest BCUT2D eigenvalue weighted by Gasteiger charge is -2.24. The van der Waals surface area contributed by atoms with E-state index in [1.807, 2.05) is 26.0 Å². The minimum absolute atomic E-state index is 0.00105. The molecule has 0 radical (unpaired) electrons. The quantitative estimate of drug-likeness (QED) is 0.693. The average molecular weight is 414 g/mol. The van der Waals surface area contributed by atoms with Crippen LogP contribution in [0.4, 0.5) is 16.2 Å². The van der Waals surface area contributed by atoms with Gasteiger partial charge in [0.15, 0.2) is 17.4 Å². The Bertz CT molecular complexity index is 940. The molecule has 1 saturated heterocycles. The Hall–Kier alpha value is -2.29. The summed E-state index contributed by atoms with van der Waals surface area (Å²) < 4.78 is 26.5. The molecule has 0 unspecified atom stereocenters.